The molecule has 0 atom stereocenters. The molecule has 1 fully saturated rings. The number of likely N-dealkylation sites (tertiary alicyclic amines) is 1. The molecule has 98 valence electrons. The number of amides is 1. The van der Waals surface area contributed by atoms with Crippen molar-refractivity contribution in [1.29, 1.82) is 0 Å². The molecule has 2 heterocycles. The molecule has 1 amide bonds. The lowest BCUT2D eigenvalue weighted by molar-refractivity contribution is -0.140. The van der Waals surface area contributed by atoms with Crippen LogP contribution >= 0.6 is 11.3 Å². The van der Waals surface area contributed by atoms with Crippen LogP contribution in [0.1, 0.15) is 31.6 Å². The number of carbonyl (C=O) groups is 2. The number of aryl methyl sites for hydroxylation is 1. The minimum Gasteiger partial charge on any atom is -0.341 e. The summed E-state index contributed by atoms with van der Waals surface area (Å²) in [5.41, 5.74) is -0.378. The molecule has 1 aromatic rings. The van der Waals surface area contributed by atoms with E-state index >= 15 is 0 Å². The van der Waals surface area contributed by atoms with E-state index in [1.807, 2.05) is 30.2 Å². The quantitative estimate of drug-likeness (QED) is 0.842. The molecule has 3 nitrogen and oxygen atoms in total. The van der Waals surface area contributed by atoms with Crippen LogP contribution in [0.2, 0.25) is 0 Å². The van der Waals surface area contributed by atoms with Gasteiger partial charge in [0.25, 0.3) is 0 Å². The Morgan fingerprint density at radius 2 is 2.28 bits per heavy atom. The third kappa shape index (κ3) is 2.99. The largest absolute Gasteiger partial charge is 0.341 e. The van der Waals surface area contributed by atoms with E-state index in [9.17, 15) is 9.59 Å². The minimum absolute atomic E-state index is 0.170. The van der Waals surface area contributed by atoms with Gasteiger partial charge >= 0.3 is 0 Å². The SMILES string of the molecule is CC1(C)CN(C(=O)CCc2cccs2)CCC1=O. The van der Waals surface area contributed by atoms with Crippen LogP contribution in [0.15, 0.2) is 17.5 Å². The summed E-state index contributed by atoms with van der Waals surface area (Å²) >= 11 is 1.69. The molecular weight excluding hydrogens is 246 g/mol. The lowest BCUT2D eigenvalue weighted by Gasteiger charge is -2.36. The van der Waals surface area contributed by atoms with Gasteiger partial charge in [0.1, 0.15) is 5.78 Å². The predicted octanol–water partition coefficient (Wildman–Crippen LogP) is 2.51. The summed E-state index contributed by atoms with van der Waals surface area (Å²) in [5, 5.41) is 2.03. The van der Waals surface area contributed by atoms with Gasteiger partial charge in [0, 0.05) is 36.2 Å². The van der Waals surface area contributed by atoms with Crippen LogP contribution in [0.25, 0.3) is 0 Å². The fourth-order valence-corrected chi connectivity index (χ4v) is 2.98. The van der Waals surface area contributed by atoms with Crippen molar-refractivity contribution in [2.24, 2.45) is 5.41 Å². The predicted molar refractivity (Wildman–Crippen MR) is 72.6 cm³/mol. The lowest BCUT2D eigenvalue weighted by Crippen LogP contribution is -2.48. The molecule has 1 aliphatic rings. The average molecular weight is 265 g/mol. The van der Waals surface area contributed by atoms with E-state index in [1.54, 1.807) is 11.3 Å². The smallest absolute Gasteiger partial charge is 0.222 e. The van der Waals surface area contributed by atoms with Crippen LogP contribution in [-0.4, -0.2) is 29.7 Å². The Bertz CT molecular complexity index is 437. The molecule has 0 N–H and O–H groups in total. The van der Waals surface area contributed by atoms with Crippen LogP contribution in [0.5, 0.6) is 0 Å². The zero-order valence-electron chi connectivity index (χ0n) is 10.9. The lowest BCUT2D eigenvalue weighted by atomic mass is 9.82. The maximum absolute atomic E-state index is 12.1. The zero-order chi connectivity index (χ0) is 13.2. The van der Waals surface area contributed by atoms with Gasteiger partial charge in [-0.15, -0.1) is 11.3 Å². The molecule has 0 aromatic carbocycles. The Kier molecular flexibility index (Phi) is 3.85. The van der Waals surface area contributed by atoms with E-state index < -0.39 is 0 Å². The molecule has 0 unspecified atom stereocenters. The molecule has 1 aromatic heterocycles. The maximum atomic E-state index is 12.1. The van der Waals surface area contributed by atoms with Gasteiger partial charge in [0.2, 0.25) is 5.91 Å². The van der Waals surface area contributed by atoms with Crippen LogP contribution in [0.4, 0.5) is 0 Å². The van der Waals surface area contributed by atoms with Gasteiger partial charge in [0.05, 0.1) is 0 Å². The van der Waals surface area contributed by atoms with E-state index in [1.165, 1.54) is 4.88 Å². The van der Waals surface area contributed by atoms with E-state index in [2.05, 4.69) is 6.07 Å². The Morgan fingerprint density at radius 1 is 1.50 bits per heavy atom. The average Bonchev–Trinajstić information content (AvgIpc) is 2.82. The van der Waals surface area contributed by atoms with Crippen LogP contribution in [0, 0.1) is 5.41 Å². The second-order valence-electron chi connectivity index (χ2n) is 5.45. The van der Waals surface area contributed by atoms with Crippen molar-refractivity contribution in [2.75, 3.05) is 13.1 Å². The molecule has 4 heteroatoms. The molecule has 0 saturated carbocycles. The van der Waals surface area contributed by atoms with E-state index in [0.29, 0.717) is 25.9 Å². The van der Waals surface area contributed by atoms with Gasteiger partial charge in [-0.3, -0.25) is 9.59 Å². The molecule has 1 saturated heterocycles. The van der Waals surface area contributed by atoms with Crippen molar-refractivity contribution in [3.05, 3.63) is 22.4 Å². The van der Waals surface area contributed by atoms with Crippen LogP contribution < -0.4 is 0 Å². The standard InChI is InChI=1S/C14H19NO2S/c1-14(2)10-15(8-7-12(14)16)13(17)6-5-11-4-3-9-18-11/h3-4,9H,5-8,10H2,1-2H3. The van der Waals surface area contributed by atoms with Crippen molar-refractivity contribution >= 4 is 23.0 Å². The summed E-state index contributed by atoms with van der Waals surface area (Å²) in [5.74, 6) is 0.439. The van der Waals surface area contributed by atoms with Crippen LogP contribution in [-0.2, 0) is 16.0 Å². The first-order valence-electron chi connectivity index (χ1n) is 6.32. The van der Waals surface area contributed by atoms with E-state index in [-0.39, 0.29) is 17.1 Å². The highest BCUT2D eigenvalue weighted by Crippen LogP contribution is 2.25. The number of carbonyl (C=O) groups excluding carboxylic acids is 2. The van der Waals surface area contributed by atoms with E-state index in [4.69, 9.17) is 0 Å². The Balaban J connectivity index is 1.88. The fourth-order valence-electron chi connectivity index (χ4n) is 2.28. The number of hydrogen-bond donors (Lipinski definition) is 0. The summed E-state index contributed by atoms with van der Waals surface area (Å²) < 4.78 is 0. The Hall–Kier alpha value is -1.16. The number of thiophene rings is 1. The first-order chi connectivity index (χ1) is 8.49. The van der Waals surface area contributed by atoms with E-state index in [0.717, 1.165) is 6.42 Å². The Labute approximate surface area is 112 Å². The molecular formula is C14H19NO2S. The molecule has 1 aliphatic heterocycles. The second kappa shape index (κ2) is 5.22. The second-order valence-corrected chi connectivity index (χ2v) is 6.48. The maximum Gasteiger partial charge on any atom is 0.222 e. The minimum atomic E-state index is -0.378. The number of hydrogen-bond acceptors (Lipinski definition) is 3. The number of nitrogens with zero attached hydrogens (tertiary/aromatic N) is 1. The van der Waals surface area contributed by atoms with Crippen molar-refractivity contribution in [3.8, 4) is 0 Å². The number of Topliss-reactive ketones (excluding diaryl/α,β-unsaturated/α-hetero) is 1. The first kappa shape index (κ1) is 13.3. The summed E-state index contributed by atoms with van der Waals surface area (Å²) in [6, 6.07) is 4.06. The highest BCUT2D eigenvalue weighted by molar-refractivity contribution is 7.09. The zero-order valence-corrected chi connectivity index (χ0v) is 11.8. The summed E-state index contributed by atoms with van der Waals surface area (Å²) in [6.45, 7) is 5.00. The fraction of sp³-hybridized carbons (Fsp3) is 0.571. The Morgan fingerprint density at radius 3 is 2.89 bits per heavy atom. The third-order valence-corrected chi connectivity index (χ3v) is 4.40. The van der Waals surface area contributed by atoms with Crippen molar-refractivity contribution in [2.45, 2.75) is 33.1 Å². The summed E-state index contributed by atoms with van der Waals surface area (Å²) in [7, 11) is 0. The molecule has 0 aliphatic carbocycles. The van der Waals surface area contributed by atoms with Crippen molar-refractivity contribution < 1.29 is 9.59 Å². The monoisotopic (exact) mass is 265 g/mol. The first-order valence-corrected chi connectivity index (χ1v) is 7.20. The van der Waals surface area contributed by atoms with Crippen molar-refractivity contribution in [1.82, 2.24) is 4.90 Å². The number of piperidine rings is 1. The van der Waals surface area contributed by atoms with Gasteiger partial charge in [0.15, 0.2) is 0 Å². The number of ketones is 1. The van der Waals surface area contributed by atoms with Crippen LogP contribution in [0.3, 0.4) is 0 Å². The summed E-state index contributed by atoms with van der Waals surface area (Å²) in [6.07, 6.45) is 1.85. The molecule has 0 radical (unpaired) electrons. The third-order valence-electron chi connectivity index (χ3n) is 3.47. The van der Waals surface area contributed by atoms with Crippen molar-refractivity contribution in [3.63, 3.8) is 0 Å². The molecule has 18 heavy (non-hydrogen) atoms. The topological polar surface area (TPSA) is 37.4 Å². The molecule has 0 spiro atoms. The van der Waals surface area contributed by atoms with Gasteiger partial charge in [-0.2, -0.15) is 0 Å². The van der Waals surface area contributed by atoms with Gasteiger partial charge in [-0.1, -0.05) is 19.9 Å². The summed E-state index contributed by atoms with van der Waals surface area (Å²) in [4.78, 5) is 26.9. The molecule has 2 rings (SSSR count). The highest BCUT2D eigenvalue weighted by Gasteiger charge is 2.35. The van der Waals surface area contributed by atoms with Gasteiger partial charge < -0.3 is 4.90 Å². The van der Waals surface area contributed by atoms with Gasteiger partial charge in [-0.25, -0.2) is 0 Å². The highest BCUT2D eigenvalue weighted by atomic mass is 32.1. The normalized spacial score (nSPS) is 19.0. The molecule has 0 bridgehead atoms. The number of rotatable bonds is 3. The van der Waals surface area contributed by atoms with Gasteiger partial charge in [-0.05, 0) is 17.9 Å².